The van der Waals surface area contributed by atoms with Crippen LogP contribution in [-0.2, 0) is 29.5 Å². The van der Waals surface area contributed by atoms with Gasteiger partial charge in [-0.05, 0) is 79.5 Å². The van der Waals surface area contributed by atoms with E-state index in [1.54, 1.807) is 24.8 Å². The predicted octanol–water partition coefficient (Wildman–Crippen LogP) is 3.40. The summed E-state index contributed by atoms with van der Waals surface area (Å²) in [5, 5.41) is 4.55. The zero-order valence-corrected chi connectivity index (χ0v) is 21.3. The standard InChI is InChI=1S/C29H36N4O3/c1-32-13-10-21(17-27(32)34)25-9-12-30-18-26(25)29(35)33(24-7-8-24)19-23-16-20(5-4-14-36-2)15-22-6-3-11-31-28(22)23/h3,6,10-11,13,15-17,24-26,30H,4-5,7-9,12,14,18-19H2,1-2H3/t25?,26-/m0/s1. The molecule has 2 fully saturated rings. The first-order valence-corrected chi connectivity index (χ1v) is 13.1. The van der Waals surface area contributed by atoms with E-state index >= 15 is 0 Å². The number of rotatable bonds is 9. The number of carbonyl (C=O) groups is 1. The van der Waals surface area contributed by atoms with Crippen molar-refractivity contribution in [1.82, 2.24) is 19.8 Å². The van der Waals surface area contributed by atoms with Crippen LogP contribution in [0.25, 0.3) is 10.9 Å². The molecule has 1 aromatic carbocycles. The number of pyridine rings is 2. The number of benzene rings is 1. The fourth-order valence-electron chi connectivity index (χ4n) is 5.50. The van der Waals surface area contributed by atoms with E-state index in [1.165, 1.54) is 5.56 Å². The van der Waals surface area contributed by atoms with Gasteiger partial charge in [-0.1, -0.05) is 12.1 Å². The van der Waals surface area contributed by atoms with Gasteiger partial charge in [0.25, 0.3) is 5.56 Å². The number of aromatic nitrogens is 2. The summed E-state index contributed by atoms with van der Waals surface area (Å²) in [5.41, 5.74) is 4.27. The lowest BCUT2D eigenvalue weighted by atomic mass is 9.80. The van der Waals surface area contributed by atoms with Crippen LogP contribution in [0.15, 0.2) is 53.6 Å². The van der Waals surface area contributed by atoms with Crippen molar-refractivity contribution in [2.45, 2.75) is 50.6 Å². The summed E-state index contributed by atoms with van der Waals surface area (Å²) in [6.45, 7) is 2.78. The quantitative estimate of drug-likeness (QED) is 0.467. The number of hydrogen-bond donors (Lipinski definition) is 1. The lowest BCUT2D eigenvalue weighted by molar-refractivity contribution is -0.138. The molecular formula is C29H36N4O3. The molecule has 2 aromatic heterocycles. The van der Waals surface area contributed by atoms with Crippen molar-refractivity contribution in [1.29, 1.82) is 0 Å². The molecule has 2 aliphatic rings. The molecule has 0 radical (unpaired) electrons. The Bertz CT molecular complexity index is 1280. The van der Waals surface area contributed by atoms with Crippen LogP contribution in [0, 0.1) is 5.92 Å². The van der Waals surface area contributed by atoms with Crippen molar-refractivity contribution in [2.75, 3.05) is 26.8 Å². The number of hydrogen-bond acceptors (Lipinski definition) is 5. The number of methoxy groups -OCH3 is 1. The van der Waals surface area contributed by atoms with Crippen molar-refractivity contribution in [3.8, 4) is 0 Å². The van der Waals surface area contributed by atoms with Crippen LogP contribution in [-0.4, -0.2) is 53.2 Å². The number of aryl methyl sites for hydroxylation is 2. The Morgan fingerprint density at radius 3 is 2.86 bits per heavy atom. The van der Waals surface area contributed by atoms with E-state index in [-0.39, 0.29) is 29.3 Å². The van der Waals surface area contributed by atoms with Crippen molar-refractivity contribution in [2.24, 2.45) is 13.0 Å². The Morgan fingerprint density at radius 2 is 2.08 bits per heavy atom. The second kappa shape index (κ2) is 10.9. The van der Waals surface area contributed by atoms with Crippen molar-refractivity contribution >= 4 is 16.8 Å². The molecule has 1 unspecified atom stereocenters. The first-order valence-electron chi connectivity index (χ1n) is 13.1. The monoisotopic (exact) mass is 488 g/mol. The zero-order valence-electron chi connectivity index (χ0n) is 21.3. The molecule has 3 heterocycles. The lowest BCUT2D eigenvalue weighted by Crippen LogP contribution is -2.47. The molecule has 1 aliphatic carbocycles. The molecule has 1 aliphatic heterocycles. The molecule has 190 valence electrons. The van der Waals surface area contributed by atoms with Crippen molar-refractivity contribution in [3.63, 3.8) is 0 Å². The van der Waals surface area contributed by atoms with Gasteiger partial charge >= 0.3 is 0 Å². The van der Waals surface area contributed by atoms with Crippen LogP contribution in [0.3, 0.4) is 0 Å². The molecular weight excluding hydrogens is 452 g/mol. The highest BCUT2D eigenvalue weighted by Crippen LogP contribution is 2.36. The smallest absolute Gasteiger partial charge is 0.250 e. The summed E-state index contributed by atoms with van der Waals surface area (Å²) < 4.78 is 6.83. The third kappa shape index (κ3) is 5.37. The fourth-order valence-corrected chi connectivity index (χ4v) is 5.50. The minimum absolute atomic E-state index is 0.0286. The van der Waals surface area contributed by atoms with Gasteiger partial charge in [-0.25, -0.2) is 0 Å². The third-order valence-corrected chi connectivity index (χ3v) is 7.62. The molecule has 1 saturated heterocycles. The molecule has 2 atom stereocenters. The van der Waals surface area contributed by atoms with Gasteiger partial charge in [0.15, 0.2) is 0 Å². The van der Waals surface area contributed by atoms with E-state index in [4.69, 9.17) is 9.72 Å². The summed E-state index contributed by atoms with van der Waals surface area (Å²) in [7, 11) is 3.49. The number of fused-ring (bicyclic) bond motifs is 1. The van der Waals surface area contributed by atoms with Gasteiger partial charge in [0.05, 0.1) is 11.4 Å². The minimum atomic E-state index is -0.185. The molecule has 0 bridgehead atoms. The lowest BCUT2D eigenvalue weighted by Gasteiger charge is -2.36. The van der Waals surface area contributed by atoms with E-state index in [0.717, 1.165) is 67.3 Å². The second-order valence-electron chi connectivity index (χ2n) is 10.2. The minimum Gasteiger partial charge on any atom is -0.385 e. The third-order valence-electron chi connectivity index (χ3n) is 7.62. The van der Waals surface area contributed by atoms with Gasteiger partial charge in [0.2, 0.25) is 5.91 Å². The van der Waals surface area contributed by atoms with Crippen LogP contribution >= 0.6 is 0 Å². The van der Waals surface area contributed by atoms with Crippen molar-refractivity contribution < 1.29 is 9.53 Å². The van der Waals surface area contributed by atoms with Crippen LogP contribution in [0.5, 0.6) is 0 Å². The van der Waals surface area contributed by atoms with Crippen molar-refractivity contribution in [3.05, 3.63) is 75.8 Å². The molecule has 36 heavy (non-hydrogen) atoms. The first-order chi connectivity index (χ1) is 17.5. The van der Waals surface area contributed by atoms with E-state index in [0.29, 0.717) is 13.1 Å². The normalized spacial score (nSPS) is 19.9. The highest BCUT2D eigenvalue weighted by atomic mass is 16.5. The molecule has 3 aromatic rings. The number of amides is 1. The van der Waals surface area contributed by atoms with E-state index in [2.05, 4.69) is 28.4 Å². The number of nitrogens with zero attached hydrogens (tertiary/aromatic N) is 3. The SMILES string of the molecule is COCCCc1cc(CN(C(=O)[C@H]2CNCCC2c2ccn(C)c(=O)c2)C2CC2)c2ncccc2c1. The topological polar surface area (TPSA) is 76.5 Å². The maximum absolute atomic E-state index is 14.1. The van der Waals surface area contributed by atoms with E-state index < -0.39 is 0 Å². The zero-order chi connectivity index (χ0) is 25.1. The molecule has 1 N–H and O–H groups in total. The Hall–Kier alpha value is -3.03. The second-order valence-corrected chi connectivity index (χ2v) is 10.2. The van der Waals surface area contributed by atoms with Gasteiger partial charge in [-0.15, -0.1) is 0 Å². The molecule has 7 heteroatoms. The summed E-state index contributed by atoms with van der Waals surface area (Å²) in [6, 6.07) is 12.5. The summed E-state index contributed by atoms with van der Waals surface area (Å²) in [6.07, 6.45) is 8.47. The van der Waals surface area contributed by atoms with Gasteiger partial charge in [-0.2, -0.15) is 0 Å². The van der Waals surface area contributed by atoms with Gasteiger partial charge in [0.1, 0.15) is 0 Å². The Balaban J connectivity index is 1.44. The summed E-state index contributed by atoms with van der Waals surface area (Å²) in [4.78, 5) is 33.2. The number of piperidine rings is 1. The molecule has 7 nitrogen and oxygen atoms in total. The average Bonchev–Trinajstić information content (AvgIpc) is 3.74. The highest BCUT2D eigenvalue weighted by molar-refractivity contribution is 5.84. The Kier molecular flexibility index (Phi) is 7.48. The van der Waals surface area contributed by atoms with Gasteiger partial charge in [-0.3, -0.25) is 14.6 Å². The number of ether oxygens (including phenoxy) is 1. The van der Waals surface area contributed by atoms with E-state index in [9.17, 15) is 9.59 Å². The van der Waals surface area contributed by atoms with Crippen LogP contribution < -0.4 is 10.9 Å². The number of carbonyl (C=O) groups excluding carboxylic acids is 1. The molecule has 0 spiro atoms. The summed E-state index contributed by atoms with van der Waals surface area (Å²) in [5.74, 6) is 0.0453. The van der Waals surface area contributed by atoms with E-state index in [1.807, 2.05) is 24.5 Å². The Labute approximate surface area is 212 Å². The fraction of sp³-hybridized carbons (Fsp3) is 0.483. The van der Waals surface area contributed by atoms with Crippen LogP contribution in [0.2, 0.25) is 0 Å². The molecule has 1 saturated carbocycles. The Morgan fingerprint density at radius 1 is 1.22 bits per heavy atom. The van der Waals surface area contributed by atoms with Crippen LogP contribution in [0.4, 0.5) is 0 Å². The highest BCUT2D eigenvalue weighted by Gasteiger charge is 2.40. The predicted molar refractivity (Wildman–Crippen MR) is 141 cm³/mol. The molecule has 5 rings (SSSR count). The average molecular weight is 489 g/mol. The largest absolute Gasteiger partial charge is 0.385 e. The van der Waals surface area contributed by atoms with Gasteiger partial charge < -0.3 is 19.5 Å². The van der Waals surface area contributed by atoms with Gasteiger partial charge in [0, 0.05) is 63.7 Å². The molecule has 1 amide bonds. The summed E-state index contributed by atoms with van der Waals surface area (Å²) >= 11 is 0. The van der Waals surface area contributed by atoms with Crippen LogP contribution in [0.1, 0.15) is 48.3 Å². The maximum Gasteiger partial charge on any atom is 0.250 e. The maximum atomic E-state index is 14.1. The number of nitrogens with one attached hydrogen (secondary N) is 1. The first kappa shape index (κ1) is 24.7.